The van der Waals surface area contributed by atoms with Crippen molar-refractivity contribution in [2.75, 3.05) is 13.1 Å². The van der Waals surface area contributed by atoms with Crippen LogP contribution < -0.4 is 16.0 Å². The van der Waals surface area contributed by atoms with Crippen LogP contribution in [0.4, 0.5) is 4.79 Å². The summed E-state index contributed by atoms with van der Waals surface area (Å²) in [5, 5.41) is 17.1. The van der Waals surface area contributed by atoms with Crippen molar-refractivity contribution in [2.45, 2.75) is 26.3 Å². The number of urea groups is 1. The molecule has 1 aromatic carbocycles. The number of carbonyl (C=O) groups excluding carboxylic acids is 2. The van der Waals surface area contributed by atoms with E-state index >= 15 is 0 Å². The molecule has 0 aliphatic carbocycles. The predicted octanol–water partition coefficient (Wildman–Crippen LogP) is 1.76. The van der Waals surface area contributed by atoms with Crippen molar-refractivity contribution in [3.8, 4) is 0 Å². The lowest BCUT2D eigenvalue weighted by atomic mass is 10.0. The summed E-state index contributed by atoms with van der Waals surface area (Å²) in [5.74, 6) is -1.98. The highest BCUT2D eigenvalue weighted by molar-refractivity contribution is 6.30. The molecule has 1 rings (SSSR count). The van der Waals surface area contributed by atoms with Crippen LogP contribution in [-0.4, -0.2) is 36.1 Å². The second kappa shape index (κ2) is 10.5. The molecule has 132 valence electrons. The van der Waals surface area contributed by atoms with Crippen LogP contribution in [0.1, 0.15) is 25.3 Å². The number of hydrogen-bond donors (Lipinski definition) is 4. The second-order valence-electron chi connectivity index (χ2n) is 5.29. The molecule has 1 unspecified atom stereocenters. The lowest BCUT2D eigenvalue weighted by molar-refractivity contribution is -0.141. The van der Waals surface area contributed by atoms with Crippen molar-refractivity contribution in [2.24, 2.45) is 5.92 Å². The van der Waals surface area contributed by atoms with E-state index in [9.17, 15) is 14.4 Å². The van der Waals surface area contributed by atoms with Crippen LogP contribution in [0.2, 0.25) is 5.02 Å². The predicted molar refractivity (Wildman–Crippen MR) is 90.7 cm³/mol. The van der Waals surface area contributed by atoms with Gasteiger partial charge >= 0.3 is 12.0 Å². The van der Waals surface area contributed by atoms with Gasteiger partial charge in [0.2, 0.25) is 5.91 Å². The maximum atomic E-state index is 11.6. The van der Waals surface area contributed by atoms with Crippen LogP contribution in [0.5, 0.6) is 0 Å². The van der Waals surface area contributed by atoms with E-state index in [2.05, 4.69) is 16.0 Å². The van der Waals surface area contributed by atoms with E-state index < -0.39 is 23.8 Å². The Balaban J connectivity index is 2.24. The van der Waals surface area contributed by atoms with Crippen molar-refractivity contribution >= 4 is 29.5 Å². The second-order valence-corrected chi connectivity index (χ2v) is 5.73. The molecule has 8 heteroatoms. The highest BCUT2D eigenvalue weighted by Gasteiger charge is 2.17. The first kappa shape index (κ1) is 19.8. The van der Waals surface area contributed by atoms with Crippen LogP contribution in [0.25, 0.3) is 0 Å². The highest BCUT2D eigenvalue weighted by Crippen LogP contribution is 2.09. The lowest BCUT2D eigenvalue weighted by Crippen LogP contribution is -2.43. The summed E-state index contributed by atoms with van der Waals surface area (Å²) < 4.78 is 0. The number of aliphatic carboxylic acids is 1. The minimum absolute atomic E-state index is 0.0517. The molecule has 0 saturated heterocycles. The van der Waals surface area contributed by atoms with Gasteiger partial charge in [0.25, 0.3) is 0 Å². The lowest BCUT2D eigenvalue weighted by Gasteiger charge is -2.13. The number of carboxylic acid groups (broad SMARTS) is 1. The maximum Gasteiger partial charge on any atom is 0.315 e. The molecular formula is C16H22ClN3O4. The van der Waals surface area contributed by atoms with Crippen molar-refractivity contribution in [1.82, 2.24) is 16.0 Å². The summed E-state index contributed by atoms with van der Waals surface area (Å²) in [5.41, 5.74) is 0.878. The van der Waals surface area contributed by atoms with Gasteiger partial charge in [0.15, 0.2) is 0 Å². The minimum atomic E-state index is -0.939. The van der Waals surface area contributed by atoms with Gasteiger partial charge in [-0.15, -0.1) is 0 Å². The molecule has 24 heavy (non-hydrogen) atoms. The van der Waals surface area contributed by atoms with Gasteiger partial charge in [-0.1, -0.05) is 37.1 Å². The monoisotopic (exact) mass is 355 g/mol. The molecule has 4 N–H and O–H groups in total. The Morgan fingerprint density at radius 1 is 1.12 bits per heavy atom. The smallest absolute Gasteiger partial charge is 0.315 e. The van der Waals surface area contributed by atoms with Gasteiger partial charge in [0.1, 0.15) is 0 Å². The van der Waals surface area contributed by atoms with Gasteiger partial charge < -0.3 is 21.1 Å². The van der Waals surface area contributed by atoms with Crippen LogP contribution >= 0.6 is 11.6 Å². The summed E-state index contributed by atoms with van der Waals surface area (Å²) >= 11 is 5.77. The van der Waals surface area contributed by atoms with E-state index in [1.165, 1.54) is 0 Å². The van der Waals surface area contributed by atoms with E-state index in [1.807, 2.05) is 6.92 Å². The van der Waals surface area contributed by atoms with Crippen molar-refractivity contribution in [3.63, 3.8) is 0 Å². The van der Waals surface area contributed by atoms with Gasteiger partial charge in [-0.3, -0.25) is 9.59 Å². The van der Waals surface area contributed by atoms with Crippen LogP contribution in [0.3, 0.4) is 0 Å². The first-order valence-corrected chi connectivity index (χ1v) is 8.05. The third-order valence-corrected chi connectivity index (χ3v) is 3.56. The number of hydrogen-bond acceptors (Lipinski definition) is 3. The Hall–Kier alpha value is -2.28. The fraction of sp³-hybridized carbons (Fsp3) is 0.438. The standard InChI is InChI=1S/C16H22ClN3O4/c1-2-3-12(15(22)23)9-18-14(21)10-20-16(24)19-8-11-4-6-13(17)7-5-11/h4-7,12H,2-3,8-10H2,1H3,(H,18,21)(H,22,23)(H2,19,20,24). The molecule has 7 nitrogen and oxygen atoms in total. The van der Waals surface area contributed by atoms with Gasteiger partial charge in [-0.05, 0) is 24.1 Å². The maximum absolute atomic E-state index is 11.6. The van der Waals surface area contributed by atoms with Gasteiger partial charge in [0, 0.05) is 18.1 Å². The van der Waals surface area contributed by atoms with Crippen molar-refractivity contribution in [1.29, 1.82) is 0 Å². The van der Waals surface area contributed by atoms with E-state index in [1.54, 1.807) is 24.3 Å². The van der Waals surface area contributed by atoms with E-state index in [0.29, 0.717) is 18.0 Å². The van der Waals surface area contributed by atoms with E-state index in [0.717, 1.165) is 12.0 Å². The van der Waals surface area contributed by atoms with Gasteiger partial charge in [-0.2, -0.15) is 0 Å². The zero-order valence-corrected chi connectivity index (χ0v) is 14.2. The number of carboxylic acids is 1. The van der Waals surface area contributed by atoms with Crippen molar-refractivity contribution in [3.05, 3.63) is 34.9 Å². The summed E-state index contributed by atoms with van der Waals surface area (Å²) in [6, 6.07) is 6.53. The van der Waals surface area contributed by atoms with E-state index in [4.69, 9.17) is 16.7 Å². The number of rotatable bonds is 9. The minimum Gasteiger partial charge on any atom is -0.481 e. The zero-order chi connectivity index (χ0) is 17.9. The Morgan fingerprint density at radius 3 is 2.38 bits per heavy atom. The molecule has 0 spiro atoms. The van der Waals surface area contributed by atoms with Gasteiger partial charge in [0.05, 0.1) is 12.5 Å². The molecular weight excluding hydrogens is 334 g/mol. The average Bonchev–Trinajstić information content (AvgIpc) is 2.55. The largest absolute Gasteiger partial charge is 0.481 e. The number of amides is 3. The molecule has 1 aromatic rings. The number of carbonyl (C=O) groups is 3. The molecule has 0 aromatic heterocycles. The summed E-state index contributed by atoms with van der Waals surface area (Å²) in [7, 11) is 0. The first-order valence-electron chi connectivity index (χ1n) is 7.68. The Labute approximate surface area is 145 Å². The summed E-state index contributed by atoms with van der Waals surface area (Å²) in [4.78, 5) is 34.2. The van der Waals surface area contributed by atoms with Gasteiger partial charge in [-0.25, -0.2) is 4.79 Å². The van der Waals surface area contributed by atoms with Crippen LogP contribution in [0.15, 0.2) is 24.3 Å². The fourth-order valence-corrected chi connectivity index (χ4v) is 2.09. The third-order valence-electron chi connectivity index (χ3n) is 3.31. The summed E-state index contributed by atoms with van der Waals surface area (Å²) in [6.07, 6.45) is 1.21. The molecule has 0 aliphatic rings. The number of nitrogens with one attached hydrogen (secondary N) is 3. The topological polar surface area (TPSA) is 108 Å². The Bertz CT molecular complexity index is 563. The van der Waals surface area contributed by atoms with Crippen LogP contribution in [0, 0.1) is 5.92 Å². The normalized spacial score (nSPS) is 11.4. The average molecular weight is 356 g/mol. The van der Waals surface area contributed by atoms with E-state index in [-0.39, 0.29) is 13.1 Å². The molecule has 0 heterocycles. The molecule has 0 radical (unpaired) electrons. The molecule has 3 amide bonds. The number of benzene rings is 1. The highest BCUT2D eigenvalue weighted by atomic mass is 35.5. The quantitative estimate of drug-likeness (QED) is 0.541. The van der Waals surface area contributed by atoms with Crippen LogP contribution in [-0.2, 0) is 16.1 Å². The summed E-state index contributed by atoms with van der Waals surface area (Å²) in [6.45, 7) is 2.02. The molecule has 0 fully saturated rings. The Morgan fingerprint density at radius 2 is 1.79 bits per heavy atom. The molecule has 0 bridgehead atoms. The zero-order valence-electron chi connectivity index (χ0n) is 13.5. The van der Waals surface area contributed by atoms with Crippen molar-refractivity contribution < 1.29 is 19.5 Å². The Kier molecular flexibility index (Phi) is 8.64. The fourth-order valence-electron chi connectivity index (χ4n) is 1.97. The number of halogens is 1. The third kappa shape index (κ3) is 7.82. The molecule has 0 aliphatic heterocycles. The molecule has 0 saturated carbocycles. The molecule has 1 atom stereocenters. The SMILES string of the molecule is CCCC(CNC(=O)CNC(=O)NCc1ccc(Cl)cc1)C(=O)O. The first-order chi connectivity index (χ1) is 11.4.